The average Bonchev–Trinajstić information content (AvgIpc) is 3.14. The Hall–Kier alpha value is -3.48. The van der Waals surface area contributed by atoms with Gasteiger partial charge in [-0.05, 0) is 50.1 Å². The van der Waals surface area contributed by atoms with Gasteiger partial charge in [0.15, 0.2) is 11.5 Å². The van der Waals surface area contributed by atoms with Crippen LogP contribution in [0, 0.1) is 13.8 Å². The molecule has 0 bridgehead atoms. The van der Waals surface area contributed by atoms with E-state index in [0.29, 0.717) is 17.2 Å². The van der Waals surface area contributed by atoms with Crippen LogP contribution >= 0.6 is 0 Å². The van der Waals surface area contributed by atoms with E-state index in [2.05, 4.69) is 23.4 Å². The van der Waals surface area contributed by atoms with Crippen molar-refractivity contribution in [1.29, 1.82) is 0 Å². The number of methoxy groups -OCH3 is 3. The van der Waals surface area contributed by atoms with Crippen molar-refractivity contribution in [3.8, 4) is 22.9 Å². The number of aryl methyl sites for hydroxylation is 1. The summed E-state index contributed by atoms with van der Waals surface area (Å²) >= 11 is 0. The van der Waals surface area contributed by atoms with Crippen LogP contribution in [0.5, 0.6) is 17.2 Å². The molecule has 1 atom stereocenters. The number of hydrogen-bond acceptors (Lipinski definition) is 5. The molecule has 3 rings (SSSR count). The van der Waals surface area contributed by atoms with Crippen molar-refractivity contribution in [1.82, 2.24) is 15.1 Å². The van der Waals surface area contributed by atoms with Crippen molar-refractivity contribution in [2.45, 2.75) is 33.2 Å². The molecule has 7 nitrogen and oxygen atoms in total. The topological polar surface area (TPSA) is 74.6 Å². The standard InChI is InChI=1S/C24H29N3O4/c1-15-9-7-8-10-20(15)27-17(3)19(14-25-27)16(2)26-23(28)13-18-11-21(29-4)24(31-6)22(12-18)30-5/h7-12,14,16H,13H2,1-6H3,(H,26,28). The summed E-state index contributed by atoms with van der Waals surface area (Å²) in [7, 11) is 4.66. The van der Waals surface area contributed by atoms with Crippen molar-refractivity contribution >= 4 is 5.91 Å². The lowest BCUT2D eigenvalue weighted by atomic mass is 10.1. The van der Waals surface area contributed by atoms with Crippen LogP contribution in [0.25, 0.3) is 5.69 Å². The minimum atomic E-state index is -0.188. The molecule has 1 aromatic heterocycles. The van der Waals surface area contributed by atoms with E-state index in [0.717, 1.165) is 28.1 Å². The molecule has 7 heteroatoms. The Bertz CT molecular complexity index is 1050. The molecule has 1 heterocycles. The number of amides is 1. The first-order valence-corrected chi connectivity index (χ1v) is 10.1. The molecule has 31 heavy (non-hydrogen) atoms. The molecule has 1 unspecified atom stereocenters. The van der Waals surface area contributed by atoms with E-state index in [1.165, 1.54) is 0 Å². The van der Waals surface area contributed by atoms with Gasteiger partial charge in [-0.2, -0.15) is 5.10 Å². The van der Waals surface area contributed by atoms with Gasteiger partial charge in [0.25, 0.3) is 0 Å². The number of aromatic nitrogens is 2. The van der Waals surface area contributed by atoms with E-state index in [1.54, 1.807) is 33.5 Å². The minimum absolute atomic E-state index is 0.107. The van der Waals surface area contributed by atoms with Crippen LogP contribution < -0.4 is 19.5 Å². The third-order valence-electron chi connectivity index (χ3n) is 5.32. The van der Waals surface area contributed by atoms with Crippen LogP contribution in [0.4, 0.5) is 0 Å². The molecule has 0 spiro atoms. The van der Waals surface area contributed by atoms with E-state index in [1.807, 2.05) is 42.9 Å². The lowest BCUT2D eigenvalue weighted by Crippen LogP contribution is -2.28. The number of nitrogens with zero attached hydrogens (tertiary/aromatic N) is 2. The average molecular weight is 424 g/mol. The van der Waals surface area contributed by atoms with Gasteiger partial charge in [-0.3, -0.25) is 4.79 Å². The minimum Gasteiger partial charge on any atom is -0.493 e. The predicted molar refractivity (Wildman–Crippen MR) is 119 cm³/mol. The Kier molecular flexibility index (Phi) is 6.84. The highest BCUT2D eigenvalue weighted by Crippen LogP contribution is 2.38. The molecular weight excluding hydrogens is 394 g/mol. The largest absolute Gasteiger partial charge is 0.493 e. The molecule has 0 radical (unpaired) electrons. The number of para-hydroxylation sites is 1. The summed E-state index contributed by atoms with van der Waals surface area (Å²) in [6, 6.07) is 11.5. The van der Waals surface area contributed by atoms with Crippen molar-refractivity contribution < 1.29 is 19.0 Å². The first kappa shape index (κ1) is 22.2. The van der Waals surface area contributed by atoms with Crippen molar-refractivity contribution in [3.05, 3.63) is 65.0 Å². The summed E-state index contributed by atoms with van der Waals surface area (Å²) in [5.41, 5.74) is 4.91. The number of carbonyl (C=O) groups excluding carboxylic acids is 1. The second-order valence-electron chi connectivity index (χ2n) is 7.38. The number of ether oxygens (including phenoxy) is 3. The molecule has 3 aromatic rings. The SMILES string of the molecule is COc1cc(CC(=O)NC(C)c2cnn(-c3ccccc3C)c2C)cc(OC)c1OC. The number of rotatable bonds is 8. The van der Waals surface area contributed by atoms with Crippen molar-refractivity contribution in [2.24, 2.45) is 0 Å². The van der Waals surface area contributed by atoms with Gasteiger partial charge in [-0.15, -0.1) is 0 Å². The molecule has 2 aromatic carbocycles. The maximum absolute atomic E-state index is 12.7. The molecule has 0 aliphatic rings. The number of carbonyl (C=O) groups is 1. The molecule has 0 fully saturated rings. The van der Waals surface area contributed by atoms with E-state index in [-0.39, 0.29) is 18.4 Å². The monoisotopic (exact) mass is 423 g/mol. The summed E-state index contributed by atoms with van der Waals surface area (Å²) in [5.74, 6) is 1.44. The number of nitrogens with one attached hydrogen (secondary N) is 1. The fourth-order valence-corrected chi connectivity index (χ4v) is 3.68. The second-order valence-corrected chi connectivity index (χ2v) is 7.38. The summed E-state index contributed by atoms with van der Waals surface area (Å²) in [6.45, 7) is 6.02. The van der Waals surface area contributed by atoms with Crippen LogP contribution in [-0.2, 0) is 11.2 Å². The van der Waals surface area contributed by atoms with Gasteiger partial charge in [-0.1, -0.05) is 18.2 Å². The van der Waals surface area contributed by atoms with Crippen molar-refractivity contribution in [2.75, 3.05) is 21.3 Å². The van der Waals surface area contributed by atoms with Gasteiger partial charge in [0.1, 0.15) is 0 Å². The van der Waals surface area contributed by atoms with Gasteiger partial charge in [-0.25, -0.2) is 4.68 Å². The zero-order chi connectivity index (χ0) is 22.5. The summed E-state index contributed by atoms with van der Waals surface area (Å²) in [5, 5.41) is 7.61. The third-order valence-corrected chi connectivity index (χ3v) is 5.32. The third kappa shape index (κ3) is 4.66. The zero-order valence-corrected chi connectivity index (χ0v) is 18.9. The van der Waals surface area contributed by atoms with E-state index in [4.69, 9.17) is 14.2 Å². The highest BCUT2D eigenvalue weighted by Gasteiger charge is 2.19. The van der Waals surface area contributed by atoms with Crippen LogP contribution in [0.2, 0.25) is 0 Å². The highest BCUT2D eigenvalue weighted by molar-refractivity contribution is 5.79. The summed E-state index contributed by atoms with van der Waals surface area (Å²) in [4.78, 5) is 12.7. The van der Waals surface area contributed by atoms with Crippen LogP contribution in [0.15, 0.2) is 42.6 Å². The molecule has 0 aliphatic carbocycles. The predicted octanol–water partition coefficient (Wildman–Crippen LogP) is 3.93. The Morgan fingerprint density at radius 1 is 1.06 bits per heavy atom. The highest BCUT2D eigenvalue weighted by atomic mass is 16.5. The quantitative estimate of drug-likeness (QED) is 0.594. The normalized spacial score (nSPS) is 11.7. The van der Waals surface area contributed by atoms with E-state index in [9.17, 15) is 4.79 Å². The van der Waals surface area contributed by atoms with Crippen LogP contribution in [-0.4, -0.2) is 37.0 Å². The van der Waals surface area contributed by atoms with Gasteiger partial charge in [0.2, 0.25) is 11.7 Å². The maximum atomic E-state index is 12.7. The van der Waals surface area contributed by atoms with Crippen LogP contribution in [0.1, 0.15) is 35.3 Å². The molecule has 1 N–H and O–H groups in total. The van der Waals surface area contributed by atoms with E-state index < -0.39 is 0 Å². The Labute approximate surface area is 182 Å². The van der Waals surface area contributed by atoms with Crippen LogP contribution in [0.3, 0.4) is 0 Å². The van der Waals surface area contributed by atoms with E-state index >= 15 is 0 Å². The Balaban J connectivity index is 1.76. The summed E-state index contributed by atoms with van der Waals surface area (Å²) < 4.78 is 18.0. The number of hydrogen-bond donors (Lipinski definition) is 1. The molecule has 0 saturated heterocycles. The smallest absolute Gasteiger partial charge is 0.224 e. The summed E-state index contributed by atoms with van der Waals surface area (Å²) in [6.07, 6.45) is 2.00. The van der Waals surface area contributed by atoms with Gasteiger partial charge in [0, 0.05) is 11.3 Å². The van der Waals surface area contributed by atoms with Gasteiger partial charge >= 0.3 is 0 Å². The zero-order valence-electron chi connectivity index (χ0n) is 18.9. The Morgan fingerprint density at radius 2 is 1.71 bits per heavy atom. The second kappa shape index (κ2) is 9.55. The fourth-order valence-electron chi connectivity index (χ4n) is 3.68. The molecule has 1 amide bonds. The number of benzene rings is 2. The molecule has 164 valence electrons. The van der Waals surface area contributed by atoms with Gasteiger partial charge < -0.3 is 19.5 Å². The van der Waals surface area contributed by atoms with Gasteiger partial charge in [0.05, 0.1) is 45.7 Å². The molecular formula is C24H29N3O4. The lowest BCUT2D eigenvalue weighted by molar-refractivity contribution is -0.121. The lowest BCUT2D eigenvalue weighted by Gasteiger charge is -2.16. The maximum Gasteiger partial charge on any atom is 0.224 e. The molecule has 0 aliphatic heterocycles. The first-order chi connectivity index (χ1) is 14.9. The Morgan fingerprint density at radius 3 is 2.29 bits per heavy atom. The molecule has 0 saturated carbocycles. The first-order valence-electron chi connectivity index (χ1n) is 10.1. The van der Waals surface area contributed by atoms with Crippen molar-refractivity contribution in [3.63, 3.8) is 0 Å². The fraction of sp³-hybridized carbons (Fsp3) is 0.333.